The third-order valence-electron chi connectivity index (χ3n) is 5.26. The van der Waals surface area contributed by atoms with Crippen LogP contribution in [0.25, 0.3) is 11.0 Å². The van der Waals surface area contributed by atoms with E-state index in [9.17, 15) is 4.79 Å². The van der Waals surface area contributed by atoms with Crippen molar-refractivity contribution in [2.45, 2.75) is 46.6 Å². The number of fused-ring (bicyclic) bond motifs is 1. The fourth-order valence-electron chi connectivity index (χ4n) is 3.38. The second-order valence-corrected chi connectivity index (χ2v) is 7.76. The Morgan fingerprint density at radius 2 is 1.93 bits per heavy atom. The van der Waals surface area contributed by atoms with Crippen LogP contribution < -0.4 is 10.1 Å². The Labute approximate surface area is 178 Å². The lowest BCUT2D eigenvalue weighted by atomic mass is 10.1. The second-order valence-electron chi connectivity index (χ2n) is 7.76. The van der Waals surface area contributed by atoms with E-state index in [4.69, 9.17) is 9.72 Å². The van der Waals surface area contributed by atoms with Gasteiger partial charge in [-0.3, -0.25) is 4.79 Å². The van der Waals surface area contributed by atoms with Crippen LogP contribution in [0.2, 0.25) is 0 Å². The number of nitrogens with one attached hydrogen (secondary N) is 1. The molecule has 3 aromatic rings. The van der Waals surface area contributed by atoms with Crippen LogP contribution in [0.1, 0.15) is 36.7 Å². The van der Waals surface area contributed by atoms with Crippen LogP contribution >= 0.6 is 0 Å². The summed E-state index contributed by atoms with van der Waals surface area (Å²) >= 11 is 0. The molecule has 3 rings (SSSR count). The van der Waals surface area contributed by atoms with Gasteiger partial charge in [0.25, 0.3) is 0 Å². The van der Waals surface area contributed by atoms with E-state index >= 15 is 0 Å². The first-order chi connectivity index (χ1) is 14.5. The molecule has 158 valence electrons. The first-order valence-corrected chi connectivity index (χ1v) is 10.5. The van der Waals surface area contributed by atoms with Crippen molar-refractivity contribution in [2.75, 3.05) is 13.2 Å². The zero-order valence-corrected chi connectivity index (χ0v) is 18.2. The normalized spacial score (nSPS) is 10.9. The average Bonchev–Trinajstić information content (AvgIpc) is 3.08. The van der Waals surface area contributed by atoms with Crippen LogP contribution in [0.3, 0.4) is 0 Å². The number of benzene rings is 2. The molecule has 1 aromatic heterocycles. The number of aromatic nitrogens is 2. The molecule has 2 aromatic carbocycles. The van der Waals surface area contributed by atoms with Gasteiger partial charge in [0.2, 0.25) is 5.91 Å². The van der Waals surface area contributed by atoms with E-state index in [1.165, 1.54) is 11.1 Å². The number of carbonyl (C=O) groups excluding carboxylic acids is 1. The molecule has 0 spiro atoms. The zero-order valence-electron chi connectivity index (χ0n) is 18.2. The summed E-state index contributed by atoms with van der Waals surface area (Å²) in [6.45, 7) is 11.7. The third kappa shape index (κ3) is 5.50. The van der Waals surface area contributed by atoms with Gasteiger partial charge in [-0.25, -0.2) is 4.98 Å². The minimum atomic E-state index is -0.0907. The Hall–Kier alpha value is -3.08. The Balaban J connectivity index is 1.59. The standard InChI is InChI=1S/C25H31N3O2/c1-18(2)25(29)26-14-7-11-24-27-22-9-5-6-10-23(22)28(24)15-8-16-30-21-13-12-19(3)20(4)17-21/h5-6,9-10,12-13,17H,1,7-8,11,14-16H2,2-4H3,(H,26,29). The number of ether oxygens (including phenoxy) is 1. The molecule has 0 unspecified atom stereocenters. The molecule has 0 aliphatic heterocycles. The zero-order chi connectivity index (χ0) is 21.5. The smallest absolute Gasteiger partial charge is 0.246 e. The number of hydrogen-bond acceptors (Lipinski definition) is 3. The Morgan fingerprint density at radius 1 is 1.13 bits per heavy atom. The molecule has 0 aliphatic rings. The van der Waals surface area contributed by atoms with Gasteiger partial charge in [-0.1, -0.05) is 24.8 Å². The van der Waals surface area contributed by atoms with E-state index in [1.54, 1.807) is 6.92 Å². The summed E-state index contributed by atoms with van der Waals surface area (Å²) in [4.78, 5) is 16.5. The van der Waals surface area contributed by atoms with Crippen molar-refractivity contribution in [3.63, 3.8) is 0 Å². The first kappa shape index (κ1) is 21.6. The molecule has 0 aliphatic carbocycles. The summed E-state index contributed by atoms with van der Waals surface area (Å²) in [6, 6.07) is 14.4. The highest BCUT2D eigenvalue weighted by Crippen LogP contribution is 2.19. The molecule has 0 bridgehead atoms. The van der Waals surface area contributed by atoms with E-state index in [-0.39, 0.29) is 5.91 Å². The highest BCUT2D eigenvalue weighted by Gasteiger charge is 2.10. The minimum absolute atomic E-state index is 0.0907. The summed E-state index contributed by atoms with van der Waals surface area (Å²) in [5.41, 5.74) is 5.20. The number of amides is 1. The molecule has 0 fully saturated rings. The van der Waals surface area contributed by atoms with Gasteiger partial charge in [-0.2, -0.15) is 0 Å². The molecule has 5 nitrogen and oxygen atoms in total. The topological polar surface area (TPSA) is 56.2 Å². The van der Waals surface area contributed by atoms with Crippen molar-refractivity contribution >= 4 is 16.9 Å². The molecular weight excluding hydrogens is 374 g/mol. The predicted molar refractivity (Wildman–Crippen MR) is 122 cm³/mol. The van der Waals surface area contributed by atoms with Gasteiger partial charge in [0.15, 0.2) is 0 Å². The number of hydrogen-bond donors (Lipinski definition) is 1. The molecule has 0 saturated heterocycles. The molecule has 1 heterocycles. The highest BCUT2D eigenvalue weighted by atomic mass is 16.5. The predicted octanol–water partition coefficient (Wildman–Crippen LogP) is 4.75. The van der Waals surface area contributed by atoms with Gasteiger partial charge >= 0.3 is 0 Å². The van der Waals surface area contributed by atoms with E-state index in [0.29, 0.717) is 18.7 Å². The van der Waals surface area contributed by atoms with E-state index in [0.717, 1.165) is 48.4 Å². The van der Waals surface area contributed by atoms with Crippen molar-refractivity contribution in [2.24, 2.45) is 0 Å². The van der Waals surface area contributed by atoms with E-state index in [1.807, 2.05) is 24.3 Å². The SMILES string of the molecule is C=C(C)C(=O)NCCCc1nc2ccccc2n1CCCOc1ccc(C)c(C)c1. The maximum atomic E-state index is 11.6. The van der Waals surface area contributed by atoms with Crippen LogP contribution in [-0.2, 0) is 17.8 Å². The maximum Gasteiger partial charge on any atom is 0.246 e. The maximum absolute atomic E-state index is 11.6. The minimum Gasteiger partial charge on any atom is -0.494 e. The lowest BCUT2D eigenvalue weighted by Gasteiger charge is -2.11. The molecule has 30 heavy (non-hydrogen) atoms. The number of nitrogens with zero attached hydrogens (tertiary/aromatic N) is 2. The molecule has 0 radical (unpaired) electrons. The Kier molecular flexibility index (Phi) is 7.28. The van der Waals surface area contributed by atoms with Gasteiger partial charge in [0, 0.05) is 25.1 Å². The lowest BCUT2D eigenvalue weighted by Crippen LogP contribution is -2.25. The largest absolute Gasteiger partial charge is 0.494 e. The van der Waals surface area contributed by atoms with Crippen LogP contribution in [0, 0.1) is 13.8 Å². The van der Waals surface area contributed by atoms with Gasteiger partial charge < -0.3 is 14.6 Å². The van der Waals surface area contributed by atoms with Crippen LogP contribution in [0.4, 0.5) is 0 Å². The van der Waals surface area contributed by atoms with Gasteiger partial charge in [-0.05, 0) is 69.0 Å². The number of para-hydroxylation sites is 2. The number of imidazole rings is 1. The second kappa shape index (κ2) is 10.1. The summed E-state index contributed by atoms with van der Waals surface area (Å²) < 4.78 is 8.23. The number of rotatable bonds is 10. The van der Waals surface area contributed by atoms with Crippen LogP contribution in [0.15, 0.2) is 54.6 Å². The highest BCUT2D eigenvalue weighted by molar-refractivity contribution is 5.92. The Morgan fingerprint density at radius 3 is 2.70 bits per heavy atom. The van der Waals surface area contributed by atoms with Crippen LogP contribution in [-0.4, -0.2) is 28.6 Å². The van der Waals surface area contributed by atoms with Gasteiger partial charge in [-0.15, -0.1) is 0 Å². The summed E-state index contributed by atoms with van der Waals surface area (Å²) in [5, 5.41) is 2.89. The fourth-order valence-corrected chi connectivity index (χ4v) is 3.38. The lowest BCUT2D eigenvalue weighted by molar-refractivity contribution is -0.117. The van der Waals surface area contributed by atoms with Gasteiger partial charge in [0.05, 0.1) is 17.6 Å². The fraction of sp³-hybridized carbons (Fsp3) is 0.360. The quantitative estimate of drug-likeness (QED) is 0.391. The summed E-state index contributed by atoms with van der Waals surface area (Å²) in [7, 11) is 0. The monoisotopic (exact) mass is 405 g/mol. The van der Waals surface area contributed by atoms with Crippen molar-refractivity contribution in [3.8, 4) is 5.75 Å². The van der Waals surface area contributed by atoms with Crippen molar-refractivity contribution in [1.29, 1.82) is 0 Å². The van der Waals surface area contributed by atoms with Crippen molar-refractivity contribution in [1.82, 2.24) is 14.9 Å². The first-order valence-electron chi connectivity index (χ1n) is 10.5. The summed E-state index contributed by atoms with van der Waals surface area (Å²) in [5.74, 6) is 1.88. The number of carbonyl (C=O) groups is 1. The third-order valence-corrected chi connectivity index (χ3v) is 5.26. The molecule has 1 N–H and O–H groups in total. The van der Waals surface area contributed by atoms with E-state index in [2.05, 4.69) is 48.5 Å². The molecular formula is C25H31N3O2. The van der Waals surface area contributed by atoms with Gasteiger partial charge in [0.1, 0.15) is 11.6 Å². The van der Waals surface area contributed by atoms with E-state index < -0.39 is 0 Å². The molecule has 0 atom stereocenters. The van der Waals surface area contributed by atoms with Crippen molar-refractivity contribution in [3.05, 3.63) is 71.6 Å². The van der Waals surface area contributed by atoms with Crippen LogP contribution in [0.5, 0.6) is 5.75 Å². The summed E-state index contributed by atoms with van der Waals surface area (Å²) in [6.07, 6.45) is 2.54. The van der Waals surface area contributed by atoms with Crippen molar-refractivity contribution < 1.29 is 9.53 Å². The Bertz CT molecular complexity index is 1040. The average molecular weight is 406 g/mol. The molecule has 0 saturated carbocycles. The molecule has 1 amide bonds. The number of aryl methyl sites for hydroxylation is 4. The molecule has 5 heteroatoms.